The monoisotopic (exact) mass is 1070 g/mol. The summed E-state index contributed by atoms with van der Waals surface area (Å²) < 4.78 is 135. The van der Waals surface area contributed by atoms with Gasteiger partial charge in [0, 0.05) is 12.8 Å². The Balaban J connectivity index is 0.00000101. The topological polar surface area (TPSA) is 388 Å². The summed E-state index contributed by atoms with van der Waals surface area (Å²) >= 11 is 0. The second kappa shape index (κ2) is 21.7. The zero-order chi connectivity index (χ0) is 52.6. The van der Waals surface area contributed by atoms with Gasteiger partial charge in [-0.3, -0.25) is 56.4 Å². The number of ether oxygens (including phenoxy) is 3. The molecule has 2 unspecified atom stereocenters. The van der Waals surface area contributed by atoms with E-state index in [-0.39, 0.29) is 28.3 Å². The molecule has 72 heavy (non-hydrogen) atoms. The van der Waals surface area contributed by atoms with E-state index >= 15 is 0 Å². The summed E-state index contributed by atoms with van der Waals surface area (Å²) in [5, 5.41) is 13.7. The van der Waals surface area contributed by atoms with Crippen molar-refractivity contribution in [3.63, 3.8) is 0 Å². The summed E-state index contributed by atoms with van der Waals surface area (Å²) in [6.07, 6.45) is -12.5. The van der Waals surface area contributed by atoms with Crippen molar-refractivity contribution in [2.45, 2.75) is 89.1 Å². The predicted octanol–water partition coefficient (Wildman–Crippen LogP) is 0.895. The largest absolute Gasteiger partial charge is 0.472 e. The number of fused-ring (bicyclic) bond motifs is 4. The summed E-state index contributed by atoms with van der Waals surface area (Å²) in [6, 6.07) is -1.72. The number of anilines is 2. The molecule has 394 valence electrons. The van der Waals surface area contributed by atoms with Gasteiger partial charge in [-0.1, -0.05) is 20.8 Å². The number of nitrogens with zero attached hydrogens (tertiary/aromatic N) is 7. The lowest BCUT2D eigenvalue weighted by atomic mass is 10.1. The lowest BCUT2D eigenvalue weighted by Gasteiger charge is -2.29. The number of phosphoric ester groups is 2. The lowest BCUT2D eigenvalue weighted by Crippen LogP contribution is -2.48. The van der Waals surface area contributed by atoms with Crippen LogP contribution in [0, 0.1) is 29.1 Å². The minimum atomic E-state index is -5.42. The van der Waals surface area contributed by atoms with E-state index < -0.39 is 161 Å². The van der Waals surface area contributed by atoms with Crippen molar-refractivity contribution in [2.24, 2.45) is 0 Å². The maximum atomic E-state index is 14.1. The Morgan fingerprint density at radius 2 is 1.24 bits per heavy atom. The molecule has 3 saturated heterocycles. The molecule has 0 saturated carbocycles. The summed E-state index contributed by atoms with van der Waals surface area (Å²) in [5.74, 6) is -17.4. The number of carbonyl (C=O) groups excluding carboxylic acids is 2. The maximum absolute atomic E-state index is 14.1. The number of aromatic amines is 2. The van der Waals surface area contributed by atoms with Crippen molar-refractivity contribution >= 4 is 61.7 Å². The number of hydrogen-bond acceptors (Lipinski definition) is 21. The third kappa shape index (κ3) is 11.4. The van der Waals surface area contributed by atoms with E-state index in [0.29, 0.717) is 0 Å². The van der Waals surface area contributed by atoms with Crippen molar-refractivity contribution in [2.75, 3.05) is 44.3 Å². The van der Waals surface area contributed by atoms with Gasteiger partial charge >= 0.3 is 21.6 Å². The number of aromatic nitrogens is 8. The van der Waals surface area contributed by atoms with Crippen molar-refractivity contribution in [3.8, 4) is 5.75 Å². The molecule has 0 spiro atoms. The maximum Gasteiger partial charge on any atom is 0.472 e. The Bertz CT molecular complexity index is 3040. The molecule has 35 heteroatoms. The Hall–Kier alpha value is -5.83. The fourth-order valence-corrected chi connectivity index (χ4v) is 9.67. The van der Waals surface area contributed by atoms with Gasteiger partial charge in [-0.05, 0) is 26.1 Å². The molecule has 0 aliphatic carbocycles. The van der Waals surface area contributed by atoms with Crippen LogP contribution in [0.15, 0.2) is 22.2 Å². The number of nitrogens with one attached hydrogen (secondary N) is 3. The molecular formula is C37H45F5N12O16P2. The molecule has 0 bridgehead atoms. The highest BCUT2D eigenvalue weighted by atomic mass is 31.2. The first-order valence-corrected chi connectivity index (χ1v) is 24.5. The van der Waals surface area contributed by atoms with Gasteiger partial charge in [-0.15, -0.1) is 0 Å². The van der Waals surface area contributed by atoms with Crippen LogP contribution in [0.4, 0.5) is 33.8 Å². The number of nitrogens with two attached hydrogens (primary N) is 2. The fraction of sp³-hybridized carbons (Fsp3) is 0.514. The van der Waals surface area contributed by atoms with E-state index in [2.05, 4.69) is 65.6 Å². The molecule has 3 aliphatic rings. The van der Waals surface area contributed by atoms with Crippen LogP contribution in [0.25, 0.3) is 22.3 Å². The molecule has 3 aliphatic heterocycles. The second-order valence-electron chi connectivity index (χ2n) is 15.8. The van der Waals surface area contributed by atoms with Gasteiger partial charge in [0.15, 0.2) is 34.8 Å². The highest BCUT2D eigenvalue weighted by Crippen LogP contribution is 2.54. The highest BCUT2D eigenvalue weighted by Gasteiger charge is 2.54. The molecule has 28 nitrogen and oxygen atoms in total. The normalized spacial score (nSPS) is 27.7. The van der Waals surface area contributed by atoms with E-state index in [1.807, 2.05) is 0 Å². The van der Waals surface area contributed by atoms with Gasteiger partial charge in [0.1, 0.15) is 36.6 Å². The van der Waals surface area contributed by atoms with Gasteiger partial charge in [0.25, 0.3) is 11.1 Å². The van der Waals surface area contributed by atoms with Gasteiger partial charge in [-0.2, -0.15) is 18.7 Å². The van der Waals surface area contributed by atoms with Gasteiger partial charge in [0.2, 0.25) is 52.6 Å². The minimum Gasteiger partial charge on any atom is -0.420 e. The number of rotatable bonds is 11. The number of halogens is 5. The number of aliphatic hydroxyl groups is 1. The summed E-state index contributed by atoms with van der Waals surface area (Å²) in [7, 11) is -10.8. The Morgan fingerprint density at radius 3 is 1.74 bits per heavy atom. The van der Waals surface area contributed by atoms with E-state index in [1.165, 1.54) is 19.6 Å². The third-order valence-corrected chi connectivity index (χ3v) is 13.2. The molecule has 3 fully saturated rings. The van der Waals surface area contributed by atoms with Crippen LogP contribution < -0.4 is 32.6 Å². The predicted molar refractivity (Wildman–Crippen MR) is 231 cm³/mol. The van der Waals surface area contributed by atoms with Crippen LogP contribution in [0.2, 0.25) is 0 Å². The van der Waals surface area contributed by atoms with Gasteiger partial charge in [0.05, 0.1) is 25.9 Å². The third-order valence-electron chi connectivity index (χ3n) is 11.3. The Morgan fingerprint density at radius 1 is 0.778 bits per heavy atom. The molecule has 8 rings (SSSR count). The van der Waals surface area contributed by atoms with Crippen molar-refractivity contribution in [1.82, 2.24) is 49.3 Å². The summed E-state index contributed by atoms with van der Waals surface area (Å²) in [4.78, 5) is 95.5. The van der Waals surface area contributed by atoms with Crippen molar-refractivity contribution < 1.29 is 87.9 Å². The number of hydrogen-bond donors (Lipinski definition) is 8. The Kier molecular flexibility index (Phi) is 16.3. The molecule has 0 radical (unpaired) electrons. The lowest BCUT2D eigenvalue weighted by molar-refractivity contribution is -0.135. The quantitative estimate of drug-likeness (QED) is 0.0227. The average molecular weight is 1070 g/mol. The zero-order valence-electron chi connectivity index (χ0n) is 37.6. The molecule has 10 atom stereocenters. The number of amides is 1. The van der Waals surface area contributed by atoms with Crippen molar-refractivity contribution in [1.29, 1.82) is 0 Å². The number of H-pyrrole nitrogens is 2. The first-order valence-electron chi connectivity index (χ1n) is 21.5. The van der Waals surface area contributed by atoms with Gasteiger partial charge < -0.3 is 50.8 Å². The van der Waals surface area contributed by atoms with Crippen LogP contribution in [-0.2, 0) is 46.3 Å². The smallest absolute Gasteiger partial charge is 0.420 e. The van der Waals surface area contributed by atoms with E-state index in [4.69, 9.17) is 39.0 Å². The molecule has 10 N–H and O–H groups in total. The summed E-state index contributed by atoms with van der Waals surface area (Å²) in [6.45, 7) is 8.02. The summed E-state index contributed by atoms with van der Waals surface area (Å²) in [5.41, 5.74) is 8.70. The number of phosphoric acid groups is 2. The standard InChI is InChI=1S/C31H30F5N11O16P2.C6H15N/c32-12-13(33)15(35)23(16(36)14(12)34)61-11(49)3-1-2-10(48)41-17-21-8(59-28(17)46-6-39-18-24(46)42-30(37)44-26(18)51)4-57-65(55,56)63-22-9(5-58-64(53,54)62-21)60-29(20(22)50)47-7-40-19-25(47)43-31(38)45-27(19)52;1-4-7(5-2)6-3/h6-9,17,20-22,28-29,50H,1-5H2,(H,41,48)(H,53,54)(H,55,56)(H3,37,42,44,51)(H3,38,43,45,52);4-6H2,1-3H3/t8-,9-,17+,20+,21+,22-,28-,29-;/m1./s1. The van der Waals surface area contributed by atoms with Crippen LogP contribution in [0.1, 0.15) is 52.5 Å². The molecule has 5 aromatic rings. The minimum absolute atomic E-state index is 0.210. The first-order chi connectivity index (χ1) is 34.0. The zero-order valence-corrected chi connectivity index (χ0v) is 39.4. The van der Waals surface area contributed by atoms with Gasteiger partial charge in [-0.25, -0.2) is 32.3 Å². The first kappa shape index (κ1) is 54.0. The van der Waals surface area contributed by atoms with Crippen LogP contribution in [-0.4, -0.2) is 140 Å². The van der Waals surface area contributed by atoms with Crippen LogP contribution in [0.3, 0.4) is 0 Å². The molecule has 7 heterocycles. The second-order valence-corrected chi connectivity index (χ2v) is 18.6. The van der Waals surface area contributed by atoms with E-state index in [1.54, 1.807) is 0 Å². The number of carbonyl (C=O) groups is 2. The highest BCUT2D eigenvalue weighted by molar-refractivity contribution is 7.47. The number of benzene rings is 1. The molecule has 1 amide bonds. The van der Waals surface area contributed by atoms with Crippen molar-refractivity contribution in [3.05, 3.63) is 62.4 Å². The number of imidazole rings is 2. The molecule has 4 aromatic heterocycles. The number of aliphatic hydroxyl groups excluding tert-OH is 1. The van der Waals surface area contributed by atoms with Crippen LogP contribution >= 0.6 is 15.6 Å². The molecular weight excluding hydrogens is 1030 g/mol. The number of nitrogen functional groups attached to an aromatic ring is 2. The van der Waals surface area contributed by atoms with Crippen LogP contribution in [0.5, 0.6) is 5.75 Å². The molecule has 1 aromatic carbocycles. The average Bonchev–Trinajstić information content (AvgIpc) is 4.09. The SMILES string of the molecule is CCN(CC)CC.Nc1nc2c(ncn2[C@@H]2O[C@@H]3COP(=O)(O)O[C@@H]4[C@H](NC(=O)CCCC(=O)Oc5c(F)c(F)c(F)c(F)c5F)[C@H](n5cnc6c(=O)[nH]c(N)nc65)O[C@@H]4COP(=O)(O)O[C@H]3[C@@H]2O)c(=O)[nH]1. The fourth-order valence-electron chi connectivity index (χ4n) is 7.73. The Labute approximate surface area is 399 Å². The van der Waals surface area contributed by atoms with E-state index in [0.717, 1.165) is 21.8 Å². The number of esters is 1. The van der Waals surface area contributed by atoms with E-state index in [9.17, 15) is 65.2 Å².